The Morgan fingerprint density at radius 2 is 1.72 bits per heavy atom. The highest BCUT2D eigenvalue weighted by atomic mass is 14.9. The first kappa shape index (κ1) is 11.8. The molecule has 2 heteroatoms. The van der Waals surface area contributed by atoms with Gasteiger partial charge in [0.15, 0.2) is 0 Å². The van der Waals surface area contributed by atoms with E-state index in [0.29, 0.717) is 5.92 Å². The Morgan fingerprint density at radius 1 is 1.00 bits per heavy atom. The van der Waals surface area contributed by atoms with Crippen molar-refractivity contribution >= 4 is 10.9 Å². The van der Waals surface area contributed by atoms with Gasteiger partial charge in [0.2, 0.25) is 0 Å². The van der Waals surface area contributed by atoms with Crippen molar-refractivity contribution in [2.45, 2.75) is 39.5 Å². The first-order valence-electron chi connectivity index (χ1n) is 6.97. The summed E-state index contributed by atoms with van der Waals surface area (Å²) in [6.45, 7) is 8.98. The van der Waals surface area contributed by atoms with E-state index in [-0.39, 0.29) is 0 Å². The molecule has 0 unspecified atom stereocenters. The van der Waals surface area contributed by atoms with Crippen LogP contribution in [0.2, 0.25) is 0 Å². The molecule has 2 aromatic rings. The van der Waals surface area contributed by atoms with Gasteiger partial charge in [0.05, 0.1) is 0 Å². The van der Waals surface area contributed by atoms with E-state index >= 15 is 0 Å². The lowest BCUT2D eigenvalue weighted by Crippen LogP contribution is -2.27. The molecule has 1 aliphatic heterocycles. The topological polar surface area (TPSA) is 27.8 Å². The number of hydrogen-bond donors (Lipinski definition) is 2. The Kier molecular flexibility index (Phi) is 2.90. The van der Waals surface area contributed by atoms with Crippen LogP contribution in [-0.2, 0) is 0 Å². The van der Waals surface area contributed by atoms with E-state index < -0.39 is 0 Å². The highest BCUT2D eigenvalue weighted by Crippen LogP contribution is 2.33. The molecule has 1 aromatic carbocycles. The lowest BCUT2D eigenvalue weighted by Gasteiger charge is -2.22. The standard InChI is InChI=1S/C16H22N2/c1-10-4-5-14-12(3)15(18-16(14)11(10)2)13-6-8-17-9-7-13/h4-5,13,17-18H,6-9H2,1-3H3. The molecule has 1 aromatic heterocycles. The van der Waals surface area contributed by atoms with E-state index in [2.05, 4.69) is 43.2 Å². The summed E-state index contributed by atoms with van der Waals surface area (Å²) in [4.78, 5) is 3.71. The largest absolute Gasteiger partial charge is 0.358 e. The Balaban J connectivity index is 2.13. The fourth-order valence-corrected chi connectivity index (χ4v) is 3.18. The van der Waals surface area contributed by atoms with Crippen LogP contribution in [0, 0.1) is 20.8 Å². The number of aromatic amines is 1. The number of aromatic nitrogens is 1. The van der Waals surface area contributed by atoms with E-state index in [1.54, 1.807) is 0 Å². The minimum atomic E-state index is 0.707. The fraction of sp³-hybridized carbons (Fsp3) is 0.500. The van der Waals surface area contributed by atoms with Gasteiger partial charge < -0.3 is 10.3 Å². The van der Waals surface area contributed by atoms with Gasteiger partial charge in [0, 0.05) is 22.5 Å². The van der Waals surface area contributed by atoms with Crippen molar-refractivity contribution in [1.29, 1.82) is 0 Å². The Hall–Kier alpha value is -1.28. The normalized spacial score (nSPS) is 17.5. The lowest BCUT2D eigenvalue weighted by atomic mass is 9.92. The third-order valence-corrected chi connectivity index (χ3v) is 4.55. The van der Waals surface area contributed by atoms with Crippen LogP contribution < -0.4 is 5.32 Å². The van der Waals surface area contributed by atoms with Gasteiger partial charge in [-0.1, -0.05) is 12.1 Å². The number of H-pyrrole nitrogens is 1. The van der Waals surface area contributed by atoms with Crippen LogP contribution in [0.3, 0.4) is 0 Å². The van der Waals surface area contributed by atoms with Crippen LogP contribution in [0.25, 0.3) is 10.9 Å². The summed E-state index contributed by atoms with van der Waals surface area (Å²) in [6.07, 6.45) is 2.51. The van der Waals surface area contributed by atoms with Crippen LogP contribution >= 0.6 is 0 Å². The molecule has 2 N–H and O–H groups in total. The second-order valence-electron chi connectivity index (χ2n) is 5.62. The average molecular weight is 242 g/mol. The smallest absolute Gasteiger partial charge is 0.0491 e. The summed E-state index contributed by atoms with van der Waals surface area (Å²) in [7, 11) is 0. The zero-order chi connectivity index (χ0) is 12.7. The van der Waals surface area contributed by atoms with Gasteiger partial charge in [-0.15, -0.1) is 0 Å². The van der Waals surface area contributed by atoms with Crippen molar-refractivity contribution in [3.63, 3.8) is 0 Å². The molecule has 3 rings (SSSR count). The minimum Gasteiger partial charge on any atom is -0.358 e. The predicted molar refractivity (Wildman–Crippen MR) is 77.4 cm³/mol. The predicted octanol–water partition coefficient (Wildman–Crippen LogP) is 3.56. The van der Waals surface area contributed by atoms with E-state index in [0.717, 1.165) is 13.1 Å². The van der Waals surface area contributed by atoms with Crippen LogP contribution in [-0.4, -0.2) is 18.1 Å². The molecular weight excluding hydrogens is 220 g/mol. The summed E-state index contributed by atoms with van der Waals surface area (Å²) >= 11 is 0. The Bertz CT molecular complexity index is 574. The van der Waals surface area contributed by atoms with Crippen molar-refractivity contribution in [3.8, 4) is 0 Å². The van der Waals surface area contributed by atoms with Gasteiger partial charge in [-0.2, -0.15) is 0 Å². The van der Waals surface area contributed by atoms with Gasteiger partial charge in [0.25, 0.3) is 0 Å². The molecule has 2 nitrogen and oxygen atoms in total. The first-order valence-corrected chi connectivity index (χ1v) is 6.97. The molecule has 0 spiro atoms. The molecule has 0 saturated carbocycles. The van der Waals surface area contributed by atoms with Crippen LogP contribution in [0.1, 0.15) is 41.1 Å². The third-order valence-electron chi connectivity index (χ3n) is 4.55. The number of fused-ring (bicyclic) bond motifs is 1. The summed E-state index contributed by atoms with van der Waals surface area (Å²) < 4.78 is 0. The molecule has 0 bridgehead atoms. The maximum Gasteiger partial charge on any atom is 0.0491 e. The third kappa shape index (κ3) is 1.76. The second kappa shape index (κ2) is 4.43. The number of rotatable bonds is 1. The van der Waals surface area contributed by atoms with Gasteiger partial charge >= 0.3 is 0 Å². The monoisotopic (exact) mass is 242 g/mol. The maximum atomic E-state index is 3.71. The molecule has 0 radical (unpaired) electrons. The molecule has 0 atom stereocenters. The molecule has 1 saturated heterocycles. The molecular formula is C16H22N2. The molecule has 0 amide bonds. The van der Waals surface area contributed by atoms with E-state index in [1.807, 2.05) is 0 Å². The lowest BCUT2D eigenvalue weighted by molar-refractivity contribution is 0.453. The Labute approximate surface area is 109 Å². The number of piperidine rings is 1. The number of nitrogens with one attached hydrogen (secondary N) is 2. The number of benzene rings is 1. The van der Waals surface area contributed by atoms with E-state index in [4.69, 9.17) is 0 Å². The number of aryl methyl sites for hydroxylation is 3. The quantitative estimate of drug-likeness (QED) is 0.786. The minimum absolute atomic E-state index is 0.707. The molecule has 96 valence electrons. The van der Waals surface area contributed by atoms with Gasteiger partial charge in [-0.3, -0.25) is 0 Å². The Morgan fingerprint density at radius 3 is 2.44 bits per heavy atom. The zero-order valence-electron chi connectivity index (χ0n) is 11.6. The summed E-state index contributed by atoms with van der Waals surface area (Å²) in [5.74, 6) is 0.707. The van der Waals surface area contributed by atoms with Crippen LogP contribution in [0.15, 0.2) is 12.1 Å². The molecule has 1 aliphatic rings. The summed E-state index contributed by atoms with van der Waals surface area (Å²) in [6, 6.07) is 4.51. The SMILES string of the molecule is Cc1ccc2c(C)c(C3CCNCC3)[nH]c2c1C. The second-order valence-corrected chi connectivity index (χ2v) is 5.62. The molecule has 0 aliphatic carbocycles. The van der Waals surface area contributed by atoms with E-state index in [1.165, 1.54) is 46.1 Å². The van der Waals surface area contributed by atoms with Crippen LogP contribution in [0.5, 0.6) is 0 Å². The van der Waals surface area contributed by atoms with Crippen LogP contribution in [0.4, 0.5) is 0 Å². The van der Waals surface area contributed by atoms with Crippen molar-refractivity contribution < 1.29 is 0 Å². The van der Waals surface area contributed by atoms with Gasteiger partial charge in [-0.05, 0) is 63.4 Å². The van der Waals surface area contributed by atoms with Crippen molar-refractivity contribution in [1.82, 2.24) is 10.3 Å². The molecule has 1 fully saturated rings. The zero-order valence-corrected chi connectivity index (χ0v) is 11.6. The highest BCUT2D eigenvalue weighted by Gasteiger charge is 2.20. The van der Waals surface area contributed by atoms with E-state index in [9.17, 15) is 0 Å². The highest BCUT2D eigenvalue weighted by molar-refractivity contribution is 5.88. The van der Waals surface area contributed by atoms with Crippen molar-refractivity contribution in [3.05, 3.63) is 34.5 Å². The van der Waals surface area contributed by atoms with Crippen molar-refractivity contribution in [2.24, 2.45) is 0 Å². The van der Waals surface area contributed by atoms with Gasteiger partial charge in [0.1, 0.15) is 0 Å². The fourth-order valence-electron chi connectivity index (χ4n) is 3.18. The molecule has 2 heterocycles. The first-order chi connectivity index (χ1) is 8.68. The average Bonchev–Trinajstić information content (AvgIpc) is 2.73. The summed E-state index contributed by atoms with van der Waals surface area (Å²) in [5, 5.41) is 4.85. The van der Waals surface area contributed by atoms with Crippen molar-refractivity contribution in [2.75, 3.05) is 13.1 Å². The van der Waals surface area contributed by atoms with Gasteiger partial charge in [-0.25, -0.2) is 0 Å². The maximum absolute atomic E-state index is 3.71. The summed E-state index contributed by atoms with van der Waals surface area (Å²) in [5.41, 5.74) is 7.05. The number of hydrogen-bond acceptors (Lipinski definition) is 1. The molecule has 18 heavy (non-hydrogen) atoms.